The molecule has 2 heterocycles. The third kappa shape index (κ3) is 1.24. The van der Waals surface area contributed by atoms with Crippen LogP contribution in [0.2, 0.25) is 0 Å². The minimum Gasteiger partial charge on any atom is -0.481 e. The summed E-state index contributed by atoms with van der Waals surface area (Å²) < 4.78 is 0. The normalized spacial score (nSPS) is 26.7. The van der Waals surface area contributed by atoms with E-state index in [2.05, 4.69) is 30.0 Å². The first-order valence-corrected chi connectivity index (χ1v) is 5.75. The maximum absolute atomic E-state index is 11.0. The molecule has 1 N–H and O–H groups in total. The Morgan fingerprint density at radius 2 is 2.31 bits per heavy atom. The van der Waals surface area contributed by atoms with E-state index in [9.17, 15) is 4.79 Å². The molecule has 3 heteroatoms. The highest BCUT2D eigenvalue weighted by atomic mass is 16.4. The van der Waals surface area contributed by atoms with Crippen molar-refractivity contribution in [2.24, 2.45) is 5.92 Å². The number of carbonyl (C=O) groups is 1. The average molecular weight is 217 g/mol. The Kier molecular flexibility index (Phi) is 1.96. The molecule has 1 saturated heterocycles. The van der Waals surface area contributed by atoms with Crippen molar-refractivity contribution in [1.82, 2.24) is 0 Å². The van der Waals surface area contributed by atoms with Gasteiger partial charge in [0.05, 0.1) is 5.92 Å². The van der Waals surface area contributed by atoms with Crippen molar-refractivity contribution in [2.75, 3.05) is 11.4 Å². The van der Waals surface area contributed by atoms with E-state index < -0.39 is 5.97 Å². The van der Waals surface area contributed by atoms with Crippen molar-refractivity contribution < 1.29 is 9.90 Å². The van der Waals surface area contributed by atoms with E-state index in [0.717, 1.165) is 12.8 Å². The second-order valence-electron chi connectivity index (χ2n) is 4.85. The van der Waals surface area contributed by atoms with Crippen molar-refractivity contribution in [1.29, 1.82) is 0 Å². The van der Waals surface area contributed by atoms with Crippen LogP contribution in [0, 0.1) is 12.8 Å². The van der Waals surface area contributed by atoms with Crippen molar-refractivity contribution >= 4 is 11.7 Å². The van der Waals surface area contributed by atoms with Gasteiger partial charge in [-0.25, -0.2) is 0 Å². The lowest BCUT2D eigenvalue weighted by Crippen LogP contribution is -2.25. The zero-order valence-corrected chi connectivity index (χ0v) is 9.31. The number of hydrogen-bond donors (Lipinski definition) is 1. The van der Waals surface area contributed by atoms with Gasteiger partial charge in [0.1, 0.15) is 0 Å². The summed E-state index contributed by atoms with van der Waals surface area (Å²) in [6.45, 7) is 2.81. The molecular weight excluding hydrogens is 202 g/mol. The number of carboxylic acid groups (broad SMARTS) is 1. The van der Waals surface area contributed by atoms with Crippen molar-refractivity contribution in [3.05, 3.63) is 29.3 Å². The molecular formula is C13H15NO2. The van der Waals surface area contributed by atoms with Crippen LogP contribution in [0.3, 0.4) is 0 Å². The van der Waals surface area contributed by atoms with Crippen LogP contribution < -0.4 is 4.90 Å². The molecule has 0 saturated carbocycles. The van der Waals surface area contributed by atoms with Crippen LogP contribution in [0.4, 0.5) is 5.69 Å². The first-order chi connectivity index (χ1) is 7.66. The SMILES string of the molecule is Cc1cccc2c1CC1CC(C(=O)O)CN21. The van der Waals surface area contributed by atoms with Crippen molar-refractivity contribution in [3.63, 3.8) is 0 Å². The smallest absolute Gasteiger partial charge is 0.308 e. The Morgan fingerprint density at radius 3 is 3.06 bits per heavy atom. The lowest BCUT2D eigenvalue weighted by atomic mass is 9.99. The number of aliphatic carboxylic acids is 1. The number of fused-ring (bicyclic) bond motifs is 3. The lowest BCUT2D eigenvalue weighted by molar-refractivity contribution is -0.141. The fourth-order valence-corrected chi connectivity index (χ4v) is 3.04. The topological polar surface area (TPSA) is 40.5 Å². The molecule has 0 spiro atoms. The summed E-state index contributed by atoms with van der Waals surface area (Å²) in [5.74, 6) is -0.831. The highest BCUT2D eigenvalue weighted by molar-refractivity contribution is 5.74. The van der Waals surface area contributed by atoms with Gasteiger partial charge in [0.2, 0.25) is 0 Å². The second-order valence-corrected chi connectivity index (χ2v) is 4.85. The highest BCUT2D eigenvalue weighted by Crippen LogP contribution is 2.40. The van der Waals surface area contributed by atoms with E-state index in [0.29, 0.717) is 12.6 Å². The number of nitrogens with zero attached hydrogens (tertiary/aromatic N) is 1. The molecule has 3 nitrogen and oxygen atoms in total. The molecule has 16 heavy (non-hydrogen) atoms. The molecule has 0 aromatic heterocycles. The third-order valence-electron chi connectivity index (χ3n) is 3.90. The Hall–Kier alpha value is -1.51. The maximum Gasteiger partial charge on any atom is 0.308 e. The summed E-state index contributed by atoms with van der Waals surface area (Å²) in [7, 11) is 0. The van der Waals surface area contributed by atoms with E-state index in [1.165, 1.54) is 16.8 Å². The van der Waals surface area contributed by atoms with Crippen LogP contribution in [-0.2, 0) is 11.2 Å². The van der Waals surface area contributed by atoms with Gasteiger partial charge in [-0.15, -0.1) is 0 Å². The standard InChI is InChI=1S/C13H15NO2/c1-8-3-2-4-12-11(8)6-10-5-9(13(15)16)7-14(10)12/h2-4,9-10H,5-7H2,1H3,(H,15,16). The molecule has 1 aromatic carbocycles. The van der Waals surface area contributed by atoms with Gasteiger partial charge in [0.15, 0.2) is 0 Å². The molecule has 0 radical (unpaired) electrons. The molecule has 2 atom stereocenters. The van der Waals surface area contributed by atoms with Crippen molar-refractivity contribution in [2.45, 2.75) is 25.8 Å². The van der Waals surface area contributed by atoms with Gasteiger partial charge >= 0.3 is 5.97 Å². The monoisotopic (exact) mass is 217 g/mol. The minimum atomic E-state index is -0.649. The molecule has 2 unspecified atom stereocenters. The summed E-state index contributed by atoms with van der Waals surface area (Å²) in [6.07, 6.45) is 1.81. The second kappa shape index (κ2) is 3.24. The molecule has 84 valence electrons. The fourth-order valence-electron chi connectivity index (χ4n) is 3.04. The fraction of sp³-hybridized carbons (Fsp3) is 0.462. The Morgan fingerprint density at radius 1 is 1.50 bits per heavy atom. The van der Waals surface area contributed by atoms with Gasteiger partial charge in [0, 0.05) is 18.3 Å². The van der Waals surface area contributed by atoms with Crippen LogP contribution in [0.1, 0.15) is 17.5 Å². The van der Waals surface area contributed by atoms with E-state index in [4.69, 9.17) is 5.11 Å². The van der Waals surface area contributed by atoms with Gasteiger partial charge in [-0.05, 0) is 37.0 Å². The maximum atomic E-state index is 11.0. The van der Waals surface area contributed by atoms with Crippen LogP contribution in [0.15, 0.2) is 18.2 Å². The number of carboxylic acids is 1. The van der Waals surface area contributed by atoms with Gasteiger partial charge in [-0.3, -0.25) is 4.79 Å². The van der Waals surface area contributed by atoms with Crippen molar-refractivity contribution in [3.8, 4) is 0 Å². The first-order valence-electron chi connectivity index (χ1n) is 5.75. The molecule has 1 aromatic rings. The summed E-state index contributed by atoms with van der Waals surface area (Å²) in [5.41, 5.74) is 4.00. The first kappa shape index (κ1) is 9.70. The largest absolute Gasteiger partial charge is 0.481 e. The van der Waals surface area contributed by atoms with Crippen LogP contribution in [-0.4, -0.2) is 23.7 Å². The molecule has 0 bridgehead atoms. The number of benzene rings is 1. The lowest BCUT2D eigenvalue weighted by Gasteiger charge is -2.18. The van der Waals surface area contributed by atoms with E-state index in [-0.39, 0.29) is 5.92 Å². The summed E-state index contributed by atoms with van der Waals surface area (Å²) >= 11 is 0. The van der Waals surface area contributed by atoms with Gasteiger partial charge in [-0.1, -0.05) is 12.1 Å². The average Bonchev–Trinajstić information content (AvgIpc) is 2.76. The predicted octanol–water partition coefficient (Wildman–Crippen LogP) is 1.83. The van der Waals surface area contributed by atoms with Gasteiger partial charge in [-0.2, -0.15) is 0 Å². The summed E-state index contributed by atoms with van der Waals surface area (Å²) in [5, 5.41) is 9.04. The minimum absolute atomic E-state index is 0.182. The molecule has 0 amide bonds. The predicted molar refractivity (Wildman–Crippen MR) is 61.8 cm³/mol. The molecule has 3 rings (SSSR count). The van der Waals surface area contributed by atoms with Crippen LogP contribution in [0.5, 0.6) is 0 Å². The number of hydrogen-bond acceptors (Lipinski definition) is 2. The van der Waals surface area contributed by atoms with Crippen LogP contribution in [0.25, 0.3) is 0 Å². The van der Waals surface area contributed by atoms with E-state index in [1.54, 1.807) is 0 Å². The zero-order chi connectivity index (χ0) is 11.3. The Bertz CT molecular complexity index is 455. The highest BCUT2D eigenvalue weighted by Gasteiger charge is 2.41. The van der Waals surface area contributed by atoms with E-state index in [1.807, 2.05) is 0 Å². The number of anilines is 1. The van der Waals surface area contributed by atoms with Gasteiger partial charge in [0.25, 0.3) is 0 Å². The number of aryl methyl sites for hydroxylation is 1. The number of rotatable bonds is 1. The summed E-state index contributed by atoms with van der Waals surface area (Å²) in [6, 6.07) is 6.73. The molecule has 0 aliphatic carbocycles. The summed E-state index contributed by atoms with van der Waals surface area (Å²) in [4.78, 5) is 13.3. The Balaban J connectivity index is 1.94. The third-order valence-corrected chi connectivity index (χ3v) is 3.90. The Labute approximate surface area is 94.7 Å². The quantitative estimate of drug-likeness (QED) is 0.780. The van der Waals surface area contributed by atoms with E-state index >= 15 is 0 Å². The molecule has 2 aliphatic heterocycles. The molecule has 2 aliphatic rings. The van der Waals surface area contributed by atoms with Gasteiger partial charge < -0.3 is 10.0 Å². The zero-order valence-electron chi connectivity index (χ0n) is 9.31. The van der Waals surface area contributed by atoms with Crippen LogP contribution >= 0.6 is 0 Å². The molecule has 1 fully saturated rings.